The van der Waals surface area contributed by atoms with Gasteiger partial charge in [0.25, 0.3) is 5.69 Å². The fourth-order valence-electron chi connectivity index (χ4n) is 2.84. The first-order chi connectivity index (χ1) is 14.6. The summed E-state index contributed by atoms with van der Waals surface area (Å²) in [4.78, 5) is 35.0. The Hall–Kier alpha value is -3.30. The summed E-state index contributed by atoms with van der Waals surface area (Å²) in [5.41, 5.74) is 0.121. The van der Waals surface area contributed by atoms with E-state index in [0.29, 0.717) is 17.7 Å². The molecule has 0 spiro atoms. The molecule has 0 aliphatic heterocycles. The maximum absolute atomic E-state index is 12.2. The van der Waals surface area contributed by atoms with Gasteiger partial charge in [0.15, 0.2) is 11.5 Å². The van der Waals surface area contributed by atoms with Crippen LogP contribution in [0.4, 0.5) is 10.5 Å². The van der Waals surface area contributed by atoms with Gasteiger partial charge in [0.1, 0.15) is 19.3 Å². The minimum absolute atomic E-state index is 0.139. The van der Waals surface area contributed by atoms with E-state index in [1.165, 1.54) is 32.4 Å². The predicted octanol–water partition coefficient (Wildman–Crippen LogP) is 3.59. The van der Waals surface area contributed by atoms with Crippen LogP contribution in [0.5, 0.6) is 11.5 Å². The molecule has 0 fully saturated rings. The highest BCUT2D eigenvalue weighted by Crippen LogP contribution is 2.38. The highest BCUT2D eigenvalue weighted by Gasteiger charge is 2.26. The van der Waals surface area contributed by atoms with E-state index in [0.717, 1.165) is 0 Å². The number of nitro groups is 1. The second-order valence-electron chi connectivity index (χ2n) is 7.27. The van der Waals surface area contributed by atoms with E-state index >= 15 is 0 Å². The monoisotopic (exact) mass is 438 g/mol. The van der Waals surface area contributed by atoms with Crippen LogP contribution in [0, 0.1) is 16.0 Å². The third kappa shape index (κ3) is 7.80. The highest BCUT2D eigenvalue weighted by molar-refractivity contribution is 5.81. The number of amides is 1. The molecule has 0 aliphatic carbocycles. The number of nitro benzene ring substituents is 1. The van der Waals surface area contributed by atoms with Gasteiger partial charge in [-0.1, -0.05) is 33.4 Å². The number of nitrogens with zero attached hydrogens (tertiary/aromatic N) is 1. The van der Waals surface area contributed by atoms with Gasteiger partial charge in [-0.3, -0.25) is 10.1 Å². The van der Waals surface area contributed by atoms with Crippen molar-refractivity contribution in [2.75, 3.05) is 27.4 Å². The summed E-state index contributed by atoms with van der Waals surface area (Å²) in [6.45, 7) is 9.02. The number of methoxy groups -OCH3 is 2. The molecule has 172 valence electrons. The van der Waals surface area contributed by atoms with E-state index in [2.05, 4.69) is 11.9 Å². The smallest absolute Gasteiger partial charge is 0.407 e. The van der Waals surface area contributed by atoms with E-state index in [-0.39, 0.29) is 30.6 Å². The fraction of sp³-hybridized carbons (Fsp3) is 0.524. The summed E-state index contributed by atoms with van der Waals surface area (Å²) in [6.07, 6.45) is 1.07. The maximum atomic E-state index is 12.2. The Labute approximate surface area is 181 Å². The van der Waals surface area contributed by atoms with Crippen LogP contribution in [0.2, 0.25) is 0 Å². The number of carbonyl (C=O) groups excluding carboxylic acids is 2. The summed E-state index contributed by atoms with van der Waals surface area (Å²) in [7, 11) is 2.65. The lowest BCUT2D eigenvalue weighted by Crippen LogP contribution is -2.42. The van der Waals surface area contributed by atoms with Crippen molar-refractivity contribution < 1.29 is 33.5 Å². The number of nitrogens with one attached hydrogen (secondary N) is 1. The Morgan fingerprint density at radius 3 is 2.42 bits per heavy atom. The third-order valence-electron chi connectivity index (χ3n) is 4.35. The zero-order valence-electron chi connectivity index (χ0n) is 18.5. The number of carbonyl (C=O) groups is 2. The normalized spacial score (nSPS) is 12.5. The number of hydrogen-bond acceptors (Lipinski definition) is 8. The van der Waals surface area contributed by atoms with Gasteiger partial charge in [0.2, 0.25) is 0 Å². The second kappa shape index (κ2) is 12.4. The zero-order valence-corrected chi connectivity index (χ0v) is 18.5. The van der Waals surface area contributed by atoms with Gasteiger partial charge in [-0.05, 0) is 18.4 Å². The minimum atomic E-state index is -0.844. The first-order valence-electron chi connectivity index (χ1n) is 9.75. The molecule has 0 aromatic heterocycles. The van der Waals surface area contributed by atoms with Crippen molar-refractivity contribution in [3.63, 3.8) is 0 Å². The van der Waals surface area contributed by atoms with Crippen molar-refractivity contribution in [1.29, 1.82) is 0 Å². The molecule has 31 heavy (non-hydrogen) atoms. The van der Waals surface area contributed by atoms with Crippen LogP contribution in [-0.2, 0) is 14.3 Å². The molecule has 1 N–H and O–H groups in total. The number of benzene rings is 1. The molecule has 1 rings (SSSR count). The van der Waals surface area contributed by atoms with Crippen LogP contribution in [0.15, 0.2) is 24.8 Å². The van der Waals surface area contributed by atoms with Gasteiger partial charge in [-0.2, -0.15) is 0 Å². The molecule has 0 bridgehead atoms. The van der Waals surface area contributed by atoms with Crippen LogP contribution in [0.3, 0.4) is 0 Å². The van der Waals surface area contributed by atoms with Gasteiger partial charge in [-0.15, -0.1) is 0 Å². The summed E-state index contributed by atoms with van der Waals surface area (Å²) < 4.78 is 20.6. The first-order valence-corrected chi connectivity index (χ1v) is 9.75. The summed E-state index contributed by atoms with van der Waals surface area (Å²) in [5, 5.41) is 14.0. The molecular formula is C21H30N2O8. The molecule has 1 amide bonds. The molecule has 2 atom stereocenters. The van der Waals surface area contributed by atoms with Crippen molar-refractivity contribution in [2.24, 2.45) is 5.92 Å². The van der Waals surface area contributed by atoms with Crippen LogP contribution in [0.25, 0.3) is 0 Å². The summed E-state index contributed by atoms with van der Waals surface area (Å²) >= 11 is 0. The third-order valence-corrected chi connectivity index (χ3v) is 4.35. The van der Waals surface area contributed by atoms with Crippen molar-refractivity contribution in [3.05, 3.63) is 40.5 Å². The SMILES string of the molecule is C=CCOc1cc([N+](=O)[O-])c(C(C)COC(=O)N[C@@H](CC(C)C)C(=O)OC)cc1OC. The Balaban J connectivity index is 2.95. The number of esters is 1. The maximum Gasteiger partial charge on any atom is 0.407 e. The molecule has 0 saturated heterocycles. The highest BCUT2D eigenvalue weighted by atomic mass is 16.6. The largest absolute Gasteiger partial charge is 0.493 e. The summed E-state index contributed by atoms with van der Waals surface area (Å²) in [6, 6.07) is 1.91. The lowest BCUT2D eigenvalue weighted by atomic mass is 9.99. The van der Waals surface area contributed by atoms with E-state index in [1.807, 2.05) is 13.8 Å². The molecule has 0 aliphatic rings. The van der Waals surface area contributed by atoms with Gasteiger partial charge >= 0.3 is 12.1 Å². The quantitative estimate of drug-likeness (QED) is 0.227. The van der Waals surface area contributed by atoms with E-state index in [1.54, 1.807) is 6.92 Å². The Kier molecular flexibility index (Phi) is 10.3. The minimum Gasteiger partial charge on any atom is -0.493 e. The fourth-order valence-corrected chi connectivity index (χ4v) is 2.84. The average Bonchev–Trinajstić information content (AvgIpc) is 2.73. The van der Waals surface area contributed by atoms with Gasteiger partial charge in [-0.25, -0.2) is 9.59 Å². The molecule has 0 heterocycles. The molecular weight excluding hydrogens is 408 g/mol. The molecule has 1 aromatic rings. The second-order valence-corrected chi connectivity index (χ2v) is 7.27. The molecule has 10 heteroatoms. The van der Waals surface area contributed by atoms with E-state index < -0.39 is 28.9 Å². The van der Waals surface area contributed by atoms with E-state index in [4.69, 9.17) is 18.9 Å². The van der Waals surface area contributed by atoms with E-state index in [9.17, 15) is 19.7 Å². The average molecular weight is 438 g/mol. The van der Waals surface area contributed by atoms with Crippen molar-refractivity contribution in [3.8, 4) is 11.5 Å². The van der Waals surface area contributed by atoms with Gasteiger partial charge in [0.05, 0.1) is 25.2 Å². The standard InChI is InChI=1S/C21H30N2O8/c1-7-8-30-19-11-17(23(26)27)15(10-18(19)28-5)14(4)12-31-21(25)22-16(9-13(2)3)20(24)29-6/h7,10-11,13-14,16H,1,8-9,12H2,2-6H3,(H,22,25)/t14?,16-/m0/s1. The topological polar surface area (TPSA) is 126 Å². The van der Waals surface area contributed by atoms with Crippen molar-refractivity contribution in [2.45, 2.75) is 39.2 Å². The first kappa shape index (κ1) is 25.7. The van der Waals surface area contributed by atoms with Crippen LogP contribution < -0.4 is 14.8 Å². The molecule has 0 radical (unpaired) electrons. The lowest BCUT2D eigenvalue weighted by molar-refractivity contribution is -0.385. The molecule has 1 unspecified atom stereocenters. The molecule has 10 nitrogen and oxygen atoms in total. The van der Waals surface area contributed by atoms with Crippen molar-refractivity contribution >= 4 is 17.7 Å². The van der Waals surface area contributed by atoms with Gasteiger partial charge in [0, 0.05) is 11.5 Å². The Morgan fingerprint density at radius 2 is 1.90 bits per heavy atom. The van der Waals surface area contributed by atoms with Crippen LogP contribution >= 0.6 is 0 Å². The molecule has 1 aromatic carbocycles. The number of alkyl carbamates (subject to hydrolysis) is 1. The predicted molar refractivity (Wildman–Crippen MR) is 113 cm³/mol. The zero-order chi connectivity index (χ0) is 23.6. The lowest BCUT2D eigenvalue weighted by Gasteiger charge is -2.19. The molecule has 0 saturated carbocycles. The van der Waals surface area contributed by atoms with Crippen LogP contribution in [-0.4, -0.2) is 50.5 Å². The summed E-state index contributed by atoms with van der Waals surface area (Å²) in [5.74, 6) is -0.454. The number of hydrogen-bond donors (Lipinski definition) is 1. The number of ether oxygens (including phenoxy) is 4. The Bertz CT molecular complexity index is 794. The Morgan fingerprint density at radius 1 is 1.23 bits per heavy atom. The van der Waals surface area contributed by atoms with Crippen molar-refractivity contribution in [1.82, 2.24) is 5.32 Å². The van der Waals surface area contributed by atoms with Gasteiger partial charge < -0.3 is 24.3 Å². The van der Waals surface area contributed by atoms with Crippen LogP contribution in [0.1, 0.15) is 38.7 Å². The number of rotatable bonds is 12.